The Hall–Kier alpha value is -3.87. The average Bonchev–Trinajstić information content (AvgIpc) is 2.77. The van der Waals surface area contributed by atoms with Gasteiger partial charge < -0.3 is 20.1 Å². The molecule has 0 unspecified atom stereocenters. The third-order valence-corrected chi connectivity index (χ3v) is 4.42. The number of rotatable bonds is 7. The lowest BCUT2D eigenvalue weighted by atomic mass is 10.1. The normalized spacial score (nSPS) is 11.4. The van der Waals surface area contributed by atoms with Crippen LogP contribution in [0.3, 0.4) is 0 Å². The number of hydrogen-bond donors (Lipinski definition) is 2. The molecule has 0 aromatic heterocycles. The number of nitrogens with one attached hydrogen (secondary N) is 2. The zero-order valence-electron chi connectivity index (χ0n) is 16.7. The van der Waals surface area contributed by atoms with Gasteiger partial charge in [0.1, 0.15) is 12.3 Å². The number of fused-ring (bicyclic) bond motifs is 1. The standard InChI is InChI=1S/C23H22N2O5/c1-15(22(27)25-19-11-10-16-6-3-4-7-17(16)12-19)30-21(26)14-24-23(28)18-8-5-9-20(13-18)29-2/h3-13,15H,14H2,1-2H3,(H,24,28)(H,25,27)/t15-/m0/s1. The van der Waals surface area contributed by atoms with Gasteiger partial charge in [-0.05, 0) is 48.0 Å². The second-order valence-electron chi connectivity index (χ2n) is 6.60. The van der Waals surface area contributed by atoms with Crippen LogP contribution in [-0.2, 0) is 14.3 Å². The first-order valence-electron chi connectivity index (χ1n) is 9.37. The summed E-state index contributed by atoms with van der Waals surface area (Å²) < 4.78 is 10.2. The molecular weight excluding hydrogens is 384 g/mol. The number of methoxy groups -OCH3 is 1. The van der Waals surface area contributed by atoms with Gasteiger partial charge in [-0.15, -0.1) is 0 Å². The Kier molecular flexibility index (Phi) is 6.64. The van der Waals surface area contributed by atoms with Gasteiger partial charge in [-0.3, -0.25) is 14.4 Å². The summed E-state index contributed by atoms with van der Waals surface area (Å²) in [5, 5.41) is 7.23. The first-order valence-corrected chi connectivity index (χ1v) is 9.37. The molecule has 7 nitrogen and oxygen atoms in total. The maximum absolute atomic E-state index is 12.3. The van der Waals surface area contributed by atoms with Crippen molar-refractivity contribution in [3.63, 3.8) is 0 Å². The van der Waals surface area contributed by atoms with Crippen molar-refractivity contribution in [3.05, 3.63) is 72.3 Å². The topological polar surface area (TPSA) is 93.7 Å². The molecule has 154 valence electrons. The number of hydrogen-bond acceptors (Lipinski definition) is 5. The summed E-state index contributed by atoms with van der Waals surface area (Å²) in [7, 11) is 1.50. The molecule has 3 aromatic rings. The lowest BCUT2D eigenvalue weighted by Gasteiger charge is -2.14. The van der Waals surface area contributed by atoms with Crippen LogP contribution in [0.1, 0.15) is 17.3 Å². The minimum atomic E-state index is -1.02. The van der Waals surface area contributed by atoms with E-state index in [0.29, 0.717) is 17.0 Å². The largest absolute Gasteiger partial charge is 0.497 e. The van der Waals surface area contributed by atoms with E-state index in [4.69, 9.17) is 9.47 Å². The Morgan fingerprint density at radius 1 is 0.933 bits per heavy atom. The number of amides is 2. The third kappa shape index (κ3) is 5.35. The van der Waals surface area contributed by atoms with Gasteiger partial charge in [0.25, 0.3) is 11.8 Å². The fraction of sp³-hybridized carbons (Fsp3) is 0.174. The Bertz CT molecular complexity index is 1080. The van der Waals surface area contributed by atoms with E-state index in [-0.39, 0.29) is 6.54 Å². The monoisotopic (exact) mass is 406 g/mol. The average molecular weight is 406 g/mol. The molecule has 7 heteroatoms. The smallest absolute Gasteiger partial charge is 0.326 e. The summed E-state index contributed by atoms with van der Waals surface area (Å²) in [6.45, 7) is 1.11. The van der Waals surface area contributed by atoms with Crippen molar-refractivity contribution in [2.45, 2.75) is 13.0 Å². The van der Waals surface area contributed by atoms with E-state index in [1.54, 1.807) is 30.3 Å². The number of carbonyl (C=O) groups excluding carboxylic acids is 3. The van der Waals surface area contributed by atoms with Crippen LogP contribution in [0.4, 0.5) is 5.69 Å². The lowest BCUT2D eigenvalue weighted by molar-refractivity contribution is -0.152. The number of carbonyl (C=O) groups is 3. The van der Waals surface area contributed by atoms with E-state index in [1.165, 1.54) is 14.0 Å². The van der Waals surface area contributed by atoms with Crippen molar-refractivity contribution in [2.24, 2.45) is 0 Å². The van der Waals surface area contributed by atoms with E-state index >= 15 is 0 Å². The quantitative estimate of drug-likeness (QED) is 0.588. The molecule has 0 saturated carbocycles. The van der Waals surface area contributed by atoms with Gasteiger partial charge in [0.2, 0.25) is 0 Å². The molecule has 30 heavy (non-hydrogen) atoms. The fourth-order valence-corrected chi connectivity index (χ4v) is 2.82. The molecule has 0 bridgehead atoms. The van der Waals surface area contributed by atoms with Crippen molar-refractivity contribution in [3.8, 4) is 5.75 Å². The predicted molar refractivity (Wildman–Crippen MR) is 113 cm³/mol. The Morgan fingerprint density at radius 3 is 2.47 bits per heavy atom. The van der Waals surface area contributed by atoms with Crippen LogP contribution in [0, 0.1) is 0 Å². The van der Waals surface area contributed by atoms with E-state index in [0.717, 1.165) is 10.8 Å². The summed E-state index contributed by atoms with van der Waals surface area (Å²) in [6.07, 6.45) is -1.02. The number of ether oxygens (including phenoxy) is 2. The predicted octanol–water partition coefficient (Wildman–Crippen LogP) is 3.15. The lowest BCUT2D eigenvalue weighted by Crippen LogP contribution is -2.35. The number of esters is 1. The van der Waals surface area contributed by atoms with Crippen molar-refractivity contribution >= 4 is 34.2 Å². The maximum Gasteiger partial charge on any atom is 0.326 e. The molecule has 0 aliphatic carbocycles. The van der Waals surface area contributed by atoms with Gasteiger partial charge in [0, 0.05) is 11.3 Å². The highest BCUT2D eigenvalue weighted by Crippen LogP contribution is 2.19. The minimum absolute atomic E-state index is 0.351. The van der Waals surface area contributed by atoms with Gasteiger partial charge in [0.15, 0.2) is 6.10 Å². The highest BCUT2D eigenvalue weighted by Gasteiger charge is 2.19. The van der Waals surface area contributed by atoms with Crippen molar-refractivity contribution in [1.82, 2.24) is 5.32 Å². The van der Waals surface area contributed by atoms with Crippen molar-refractivity contribution in [2.75, 3.05) is 19.0 Å². The van der Waals surface area contributed by atoms with Crippen LogP contribution in [0.15, 0.2) is 66.7 Å². The molecule has 0 heterocycles. The van der Waals surface area contributed by atoms with Crippen LogP contribution in [0.2, 0.25) is 0 Å². The van der Waals surface area contributed by atoms with Crippen LogP contribution >= 0.6 is 0 Å². The first kappa shape index (κ1) is 20.9. The Balaban J connectivity index is 1.50. The van der Waals surface area contributed by atoms with Gasteiger partial charge in [-0.1, -0.05) is 36.4 Å². The van der Waals surface area contributed by atoms with Gasteiger partial charge in [-0.2, -0.15) is 0 Å². The molecule has 0 spiro atoms. The van der Waals surface area contributed by atoms with Crippen LogP contribution in [0.5, 0.6) is 5.75 Å². The summed E-state index contributed by atoms with van der Waals surface area (Å²) in [4.78, 5) is 36.5. The fourth-order valence-electron chi connectivity index (χ4n) is 2.82. The number of anilines is 1. The maximum atomic E-state index is 12.3. The molecule has 3 aromatic carbocycles. The van der Waals surface area contributed by atoms with E-state index < -0.39 is 23.9 Å². The molecule has 2 N–H and O–H groups in total. The Labute approximate surface area is 174 Å². The van der Waals surface area contributed by atoms with Crippen molar-refractivity contribution in [1.29, 1.82) is 0 Å². The molecular formula is C23H22N2O5. The summed E-state index contributed by atoms with van der Waals surface area (Å²) in [6, 6.07) is 19.8. The van der Waals surface area contributed by atoms with E-state index in [1.807, 2.05) is 36.4 Å². The van der Waals surface area contributed by atoms with Crippen molar-refractivity contribution < 1.29 is 23.9 Å². The van der Waals surface area contributed by atoms with Gasteiger partial charge >= 0.3 is 5.97 Å². The first-order chi connectivity index (χ1) is 14.5. The van der Waals surface area contributed by atoms with Crippen LogP contribution < -0.4 is 15.4 Å². The van der Waals surface area contributed by atoms with Gasteiger partial charge in [0.05, 0.1) is 7.11 Å². The highest BCUT2D eigenvalue weighted by molar-refractivity contribution is 5.98. The summed E-state index contributed by atoms with van der Waals surface area (Å²) in [5.41, 5.74) is 0.956. The molecule has 2 amide bonds. The summed E-state index contributed by atoms with van der Waals surface area (Å²) >= 11 is 0. The molecule has 0 aliphatic rings. The molecule has 3 rings (SSSR count). The molecule has 0 radical (unpaired) electrons. The summed E-state index contributed by atoms with van der Waals surface area (Å²) in [5.74, 6) is -1.09. The number of benzene rings is 3. The minimum Gasteiger partial charge on any atom is -0.497 e. The van der Waals surface area contributed by atoms with Crippen LogP contribution in [0.25, 0.3) is 10.8 Å². The molecule has 1 atom stereocenters. The molecule has 0 aliphatic heterocycles. The zero-order valence-corrected chi connectivity index (χ0v) is 16.7. The van der Waals surface area contributed by atoms with Gasteiger partial charge in [-0.25, -0.2) is 0 Å². The highest BCUT2D eigenvalue weighted by atomic mass is 16.5. The zero-order chi connectivity index (χ0) is 21.5. The molecule has 0 saturated heterocycles. The Morgan fingerprint density at radius 2 is 1.70 bits per heavy atom. The van der Waals surface area contributed by atoms with E-state index in [2.05, 4.69) is 10.6 Å². The van der Waals surface area contributed by atoms with E-state index in [9.17, 15) is 14.4 Å². The third-order valence-electron chi connectivity index (χ3n) is 4.42. The second kappa shape index (κ2) is 9.56. The second-order valence-corrected chi connectivity index (χ2v) is 6.60. The SMILES string of the molecule is COc1cccc(C(=O)NCC(=O)O[C@@H](C)C(=O)Nc2ccc3ccccc3c2)c1. The van der Waals surface area contributed by atoms with Crippen LogP contribution in [-0.4, -0.2) is 37.5 Å². The molecule has 0 fully saturated rings.